The van der Waals surface area contributed by atoms with Crippen LogP contribution in [-0.2, 0) is 41.6 Å². The fraction of sp³-hybridized carbons (Fsp3) is 0.583. The molecule has 53 heavy (non-hydrogen) atoms. The van der Waals surface area contributed by atoms with Gasteiger partial charge in [-0.15, -0.1) is 0 Å². The number of nitrogens with zero attached hydrogens (tertiary/aromatic N) is 4. The van der Waals surface area contributed by atoms with Gasteiger partial charge in [0.2, 0.25) is 10.0 Å². The predicted molar refractivity (Wildman–Crippen MR) is 212 cm³/mol. The Bertz CT molecular complexity index is 1650. The Morgan fingerprint density at radius 2 is 1.06 bits per heavy atom. The van der Waals surface area contributed by atoms with Crippen molar-refractivity contribution in [3.63, 3.8) is 0 Å². The smallest absolute Gasteiger partial charge is 0.410 e. The lowest BCUT2D eigenvalue weighted by Crippen LogP contribution is -2.49. The molecule has 0 spiro atoms. The number of nitrogens with one attached hydrogen (secondary N) is 1. The minimum Gasteiger partial charge on any atom is -0.444 e. The number of carbonyl (C=O) groups is 2. The summed E-state index contributed by atoms with van der Waals surface area (Å²) in [6.45, 7) is 23.6. The summed E-state index contributed by atoms with van der Waals surface area (Å²) in [6.07, 6.45) is -0.473. The zero-order chi connectivity index (χ0) is 40.0. The Labute approximate surface area is 321 Å². The van der Waals surface area contributed by atoms with E-state index < -0.39 is 30.3 Å². The molecule has 0 aliphatic carbocycles. The normalized spacial score (nSPS) is 16.0. The number of rotatable bonds is 8. The Kier molecular flexibility index (Phi) is 17.5. The minimum atomic E-state index is -3.30. The van der Waals surface area contributed by atoms with Crippen LogP contribution in [0.25, 0.3) is 0 Å². The number of benzene rings is 2. The highest BCUT2D eigenvalue weighted by Gasteiger charge is 2.27. The quantitative estimate of drug-likeness (QED) is 0.204. The Balaban J connectivity index is 0.000000323. The number of hydrogen-bond donors (Lipinski definition) is 2. The first-order valence-electron chi connectivity index (χ1n) is 17.5. The molecule has 4 rings (SSSR count). The minimum absolute atomic E-state index is 0.0523. The maximum Gasteiger partial charge on any atom is 0.410 e. The second-order valence-electron chi connectivity index (χ2n) is 14.7. The van der Waals surface area contributed by atoms with Crippen LogP contribution in [0, 0.1) is 6.92 Å². The highest BCUT2D eigenvalue weighted by Crippen LogP contribution is 2.17. The summed E-state index contributed by atoms with van der Waals surface area (Å²) in [5.74, 6) is -0.189. The number of carbonyl (C=O) groups excluding carboxylic acids is 2. The van der Waals surface area contributed by atoms with E-state index in [1.807, 2.05) is 65.8 Å². The van der Waals surface area contributed by atoms with Crippen molar-refractivity contribution in [3.05, 3.63) is 66.6 Å². The first-order valence-corrected chi connectivity index (χ1v) is 21.7. The molecule has 2 aromatic rings. The molecule has 0 bridgehead atoms. The molecule has 2 fully saturated rings. The molecular weight excluding hydrogens is 744 g/mol. The molecule has 2 amide bonds. The van der Waals surface area contributed by atoms with Gasteiger partial charge in [0.25, 0.3) is 9.05 Å². The summed E-state index contributed by atoms with van der Waals surface area (Å²) in [5, 5.41) is 0. The number of anilines is 2. The number of halogens is 1. The molecule has 0 radical (unpaired) electrons. The average molecular weight is 802 g/mol. The molecule has 0 saturated carbocycles. The van der Waals surface area contributed by atoms with Gasteiger partial charge in [-0.2, -0.15) is 0 Å². The van der Waals surface area contributed by atoms with Gasteiger partial charge in [0.15, 0.2) is 5.75 Å². The molecule has 14 nitrogen and oxygen atoms in total. The van der Waals surface area contributed by atoms with E-state index in [0.29, 0.717) is 31.9 Å². The van der Waals surface area contributed by atoms with Gasteiger partial charge in [0.05, 0.1) is 12.7 Å². The van der Waals surface area contributed by atoms with Crippen molar-refractivity contribution in [1.82, 2.24) is 19.6 Å². The van der Waals surface area contributed by atoms with Crippen molar-refractivity contribution in [2.75, 3.05) is 74.3 Å². The molecule has 2 aromatic carbocycles. The number of nitrogens with two attached hydrogens (primary N) is 1. The molecular formula is C36H58ClN6O8S2+. The van der Waals surface area contributed by atoms with Crippen LogP contribution in [-0.4, -0.2) is 124 Å². The molecule has 0 atom stereocenters. The SMILES string of the molecule is CC(C)(C)OC(=O)N1CCN(Cc2ccc(N)cc2)CC1.CCS(=O)(=O)Nc1ccc(CN2CCN(C(=O)OC(C)(C)C)CC2)cc1.[CH2+]CS(=O)(=O)Cl. The Morgan fingerprint density at radius 1 is 0.717 bits per heavy atom. The van der Waals surface area contributed by atoms with Crippen LogP contribution in [0.2, 0.25) is 0 Å². The zero-order valence-corrected chi connectivity index (χ0v) is 34.5. The van der Waals surface area contributed by atoms with Crippen LogP contribution in [0.1, 0.15) is 59.6 Å². The summed E-state index contributed by atoms with van der Waals surface area (Å²) in [7, 11) is -1.92. The number of piperazine rings is 2. The number of nitrogen functional groups attached to an aromatic ring is 1. The number of sulfonamides is 1. The third-order valence-electron chi connectivity index (χ3n) is 7.69. The van der Waals surface area contributed by atoms with Crippen LogP contribution >= 0.6 is 10.7 Å². The standard InChI is InChI=1S/C18H29N3O4S.C16H25N3O2.C2H4ClO2S/c1-5-26(23,24)19-16-8-6-15(7-9-16)14-20-10-12-21(13-11-20)17(22)25-18(2,3)4;1-16(2,3)21-15(20)19-10-8-18(9-11-19)12-13-4-6-14(17)7-5-13;1-2-6(3,4)5/h6-9,19H,5,10-14H2,1-4H3;4-7H,8-12,17H2,1-3H3;1-2H2/q;;+1. The van der Waals surface area contributed by atoms with Gasteiger partial charge >= 0.3 is 12.2 Å². The van der Waals surface area contributed by atoms with E-state index in [1.54, 1.807) is 28.9 Å². The molecule has 298 valence electrons. The van der Waals surface area contributed by atoms with Crippen molar-refractivity contribution in [2.24, 2.45) is 0 Å². The van der Waals surface area contributed by atoms with Gasteiger partial charge < -0.3 is 25.0 Å². The molecule has 0 aromatic heterocycles. The van der Waals surface area contributed by atoms with E-state index in [9.17, 15) is 26.4 Å². The predicted octanol–water partition coefficient (Wildman–Crippen LogP) is 5.21. The molecule has 2 aliphatic heterocycles. The lowest BCUT2D eigenvalue weighted by Gasteiger charge is -2.35. The van der Waals surface area contributed by atoms with Gasteiger partial charge in [0, 0.05) is 87.5 Å². The van der Waals surface area contributed by atoms with Gasteiger partial charge in [-0.3, -0.25) is 14.5 Å². The van der Waals surface area contributed by atoms with Crippen LogP contribution < -0.4 is 10.5 Å². The van der Waals surface area contributed by atoms with Gasteiger partial charge in [-0.05, 0) is 83.9 Å². The van der Waals surface area contributed by atoms with Crippen molar-refractivity contribution < 1.29 is 35.9 Å². The first kappa shape index (κ1) is 45.7. The van der Waals surface area contributed by atoms with Crippen LogP contribution in [0.3, 0.4) is 0 Å². The molecule has 2 heterocycles. The van der Waals surface area contributed by atoms with E-state index >= 15 is 0 Å². The summed E-state index contributed by atoms with van der Waals surface area (Å²) in [5.41, 5.74) is 8.49. The van der Waals surface area contributed by atoms with Crippen molar-refractivity contribution in [3.8, 4) is 0 Å². The fourth-order valence-electron chi connectivity index (χ4n) is 4.90. The van der Waals surface area contributed by atoms with Crippen molar-refractivity contribution in [1.29, 1.82) is 0 Å². The zero-order valence-electron chi connectivity index (χ0n) is 32.1. The van der Waals surface area contributed by atoms with E-state index in [-0.39, 0.29) is 23.7 Å². The second kappa shape index (κ2) is 20.3. The van der Waals surface area contributed by atoms with E-state index in [2.05, 4.69) is 44.3 Å². The fourth-order valence-corrected chi connectivity index (χ4v) is 5.54. The van der Waals surface area contributed by atoms with Crippen LogP contribution in [0.15, 0.2) is 48.5 Å². The third-order valence-corrected chi connectivity index (χ3v) is 9.95. The monoisotopic (exact) mass is 801 g/mol. The highest BCUT2D eigenvalue weighted by molar-refractivity contribution is 8.13. The first-order chi connectivity index (χ1) is 24.5. The Hall–Kier alpha value is -3.44. The molecule has 2 saturated heterocycles. The van der Waals surface area contributed by atoms with Crippen LogP contribution in [0.4, 0.5) is 21.0 Å². The third kappa shape index (κ3) is 19.5. The van der Waals surface area contributed by atoms with Gasteiger partial charge in [0.1, 0.15) is 11.2 Å². The topological polar surface area (TPSA) is 172 Å². The van der Waals surface area contributed by atoms with Gasteiger partial charge in [-0.25, -0.2) is 26.4 Å². The maximum atomic E-state index is 12.1. The molecule has 2 aliphatic rings. The molecule has 0 unspecified atom stereocenters. The number of ether oxygens (including phenoxy) is 2. The molecule has 3 N–H and O–H groups in total. The average Bonchev–Trinajstić information content (AvgIpc) is 3.06. The van der Waals surface area contributed by atoms with E-state index in [1.165, 1.54) is 5.56 Å². The number of amides is 2. The van der Waals surface area contributed by atoms with Crippen LogP contribution in [0.5, 0.6) is 0 Å². The maximum absolute atomic E-state index is 12.1. The van der Waals surface area contributed by atoms with E-state index in [0.717, 1.165) is 50.5 Å². The highest BCUT2D eigenvalue weighted by atomic mass is 35.7. The van der Waals surface area contributed by atoms with Crippen molar-refractivity contribution >= 4 is 53.3 Å². The van der Waals surface area contributed by atoms with Gasteiger partial charge in [-0.1, -0.05) is 24.3 Å². The summed E-state index contributed by atoms with van der Waals surface area (Å²) >= 11 is 0. The van der Waals surface area contributed by atoms with Crippen molar-refractivity contribution in [2.45, 2.75) is 72.8 Å². The largest absolute Gasteiger partial charge is 0.444 e. The number of hydrogen-bond acceptors (Lipinski definition) is 11. The summed E-state index contributed by atoms with van der Waals surface area (Å²) in [4.78, 5) is 32.2. The second-order valence-corrected chi connectivity index (χ2v) is 19.6. The van der Waals surface area contributed by atoms with E-state index in [4.69, 9.17) is 15.2 Å². The lowest BCUT2D eigenvalue weighted by atomic mass is 10.2. The lowest BCUT2D eigenvalue weighted by molar-refractivity contribution is 0.0129. The summed E-state index contributed by atoms with van der Waals surface area (Å²) < 4.78 is 55.9. The summed E-state index contributed by atoms with van der Waals surface area (Å²) in [6, 6.07) is 15.4. The Morgan fingerprint density at radius 3 is 1.36 bits per heavy atom. The molecule has 17 heteroatoms.